The second kappa shape index (κ2) is 9.08. The fraction of sp³-hybridized carbons (Fsp3) is 0.444. The number of urea groups is 1. The molecule has 0 saturated heterocycles. The second-order valence-corrected chi connectivity index (χ2v) is 5.80. The number of hydrogen-bond acceptors (Lipinski definition) is 3. The molecule has 2 amide bonds. The topological polar surface area (TPSA) is 70.4 Å². The van der Waals surface area contributed by atoms with Crippen molar-refractivity contribution < 1.29 is 9.90 Å². The van der Waals surface area contributed by atoms with Crippen LogP contribution in [0.2, 0.25) is 0 Å². The number of nitrogens with one attached hydrogen (secondary N) is 1. The highest BCUT2D eigenvalue weighted by atomic mass is 16.3. The van der Waals surface area contributed by atoms with E-state index in [1.54, 1.807) is 17.4 Å². The lowest BCUT2D eigenvalue weighted by atomic mass is 10.1. The smallest absolute Gasteiger partial charge is 0.317 e. The van der Waals surface area contributed by atoms with E-state index in [0.717, 1.165) is 24.1 Å². The molecule has 0 saturated carbocycles. The highest BCUT2D eigenvalue weighted by molar-refractivity contribution is 5.74. The molecule has 6 heteroatoms. The third-order valence-corrected chi connectivity index (χ3v) is 3.97. The summed E-state index contributed by atoms with van der Waals surface area (Å²) >= 11 is 0. The Bertz CT molecular complexity index is 610. The number of amides is 2. The first-order chi connectivity index (χ1) is 11.7. The van der Waals surface area contributed by atoms with E-state index in [0.29, 0.717) is 13.1 Å². The van der Waals surface area contributed by atoms with Gasteiger partial charge in [0.25, 0.3) is 0 Å². The number of imidazole rings is 1. The molecule has 0 bridgehead atoms. The molecule has 24 heavy (non-hydrogen) atoms. The number of rotatable bonds is 8. The molecular weight excluding hydrogens is 304 g/mol. The molecule has 1 atom stereocenters. The Balaban J connectivity index is 1.97. The first kappa shape index (κ1) is 18.0. The summed E-state index contributed by atoms with van der Waals surface area (Å²) in [5.74, 6) is 0. The molecule has 1 unspecified atom stereocenters. The lowest BCUT2D eigenvalue weighted by Gasteiger charge is -2.24. The van der Waals surface area contributed by atoms with Crippen molar-refractivity contribution >= 4 is 6.03 Å². The molecule has 0 aliphatic carbocycles. The summed E-state index contributed by atoms with van der Waals surface area (Å²) in [6.45, 7) is 5.04. The number of aromatic nitrogens is 2. The van der Waals surface area contributed by atoms with Gasteiger partial charge in [0.1, 0.15) is 0 Å². The molecule has 0 aliphatic rings. The average Bonchev–Trinajstić information content (AvgIpc) is 3.13. The maximum atomic E-state index is 12.4. The third-order valence-electron chi connectivity index (χ3n) is 3.97. The van der Waals surface area contributed by atoms with Crippen LogP contribution in [-0.4, -0.2) is 45.3 Å². The largest absolute Gasteiger partial charge is 0.395 e. The van der Waals surface area contributed by atoms with E-state index in [1.165, 1.54) is 0 Å². The van der Waals surface area contributed by atoms with E-state index >= 15 is 0 Å². The lowest BCUT2D eigenvalue weighted by molar-refractivity contribution is 0.173. The number of carbonyl (C=O) groups is 1. The van der Waals surface area contributed by atoms with E-state index in [4.69, 9.17) is 5.11 Å². The molecule has 1 heterocycles. The highest BCUT2D eigenvalue weighted by Gasteiger charge is 2.15. The maximum absolute atomic E-state index is 12.4. The van der Waals surface area contributed by atoms with Crippen molar-refractivity contribution in [3.63, 3.8) is 0 Å². The van der Waals surface area contributed by atoms with Crippen LogP contribution in [0.25, 0.3) is 5.69 Å². The van der Waals surface area contributed by atoms with Gasteiger partial charge < -0.3 is 19.9 Å². The predicted octanol–water partition coefficient (Wildman–Crippen LogP) is 2.74. The Kier molecular flexibility index (Phi) is 6.81. The fourth-order valence-corrected chi connectivity index (χ4v) is 2.49. The number of aliphatic hydroxyl groups excluding tert-OH is 1. The molecule has 1 aromatic carbocycles. The molecule has 0 fully saturated rings. The van der Waals surface area contributed by atoms with Gasteiger partial charge in [0, 0.05) is 31.2 Å². The molecule has 0 spiro atoms. The van der Waals surface area contributed by atoms with E-state index in [-0.39, 0.29) is 18.7 Å². The Hall–Kier alpha value is -2.34. The molecule has 1 aromatic heterocycles. The highest BCUT2D eigenvalue weighted by Crippen LogP contribution is 2.16. The van der Waals surface area contributed by atoms with Gasteiger partial charge in [0.2, 0.25) is 0 Å². The monoisotopic (exact) mass is 330 g/mol. The van der Waals surface area contributed by atoms with Gasteiger partial charge >= 0.3 is 6.03 Å². The van der Waals surface area contributed by atoms with Crippen molar-refractivity contribution in [1.82, 2.24) is 19.8 Å². The third kappa shape index (κ3) is 4.83. The summed E-state index contributed by atoms with van der Waals surface area (Å²) in [7, 11) is 0. The van der Waals surface area contributed by atoms with Crippen LogP contribution < -0.4 is 5.32 Å². The van der Waals surface area contributed by atoms with Crippen molar-refractivity contribution in [3.8, 4) is 5.69 Å². The van der Waals surface area contributed by atoms with Crippen LogP contribution in [0.5, 0.6) is 0 Å². The summed E-state index contributed by atoms with van der Waals surface area (Å²) < 4.78 is 1.93. The Morgan fingerprint density at radius 3 is 2.67 bits per heavy atom. The Labute approximate surface area is 143 Å². The zero-order chi connectivity index (χ0) is 17.4. The van der Waals surface area contributed by atoms with Crippen molar-refractivity contribution in [2.24, 2.45) is 0 Å². The van der Waals surface area contributed by atoms with E-state index < -0.39 is 0 Å². The van der Waals surface area contributed by atoms with Gasteiger partial charge in [-0.3, -0.25) is 0 Å². The number of carbonyl (C=O) groups excluding carboxylic acids is 1. The quantitative estimate of drug-likeness (QED) is 0.782. The van der Waals surface area contributed by atoms with Crippen molar-refractivity contribution in [3.05, 3.63) is 48.5 Å². The van der Waals surface area contributed by atoms with Crippen molar-refractivity contribution in [1.29, 1.82) is 0 Å². The molecule has 0 aliphatic heterocycles. The van der Waals surface area contributed by atoms with Crippen LogP contribution in [0.1, 0.15) is 38.3 Å². The Morgan fingerprint density at radius 2 is 2.08 bits per heavy atom. The number of hydrogen-bond donors (Lipinski definition) is 2. The minimum Gasteiger partial charge on any atom is -0.395 e. The molecular formula is C18H26N4O2. The summed E-state index contributed by atoms with van der Waals surface area (Å²) in [6.07, 6.45) is 7.33. The molecule has 2 rings (SSSR count). The zero-order valence-electron chi connectivity index (χ0n) is 14.4. The van der Waals surface area contributed by atoms with Crippen LogP contribution in [0.15, 0.2) is 43.0 Å². The average molecular weight is 330 g/mol. The van der Waals surface area contributed by atoms with Gasteiger partial charge in [-0.1, -0.05) is 25.5 Å². The minimum absolute atomic E-state index is 0.0227. The summed E-state index contributed by atoms with van der Waals surface area (Å²) in [6, 6.07) is 7.77. The van der Waals surface area contributed by atoms with Gasteiger partial charge in [-0.2, -0.15) is 0 Å². The number of benzene rings is 1. The molecule has 6 nitrogen and oxygen atoms in total. The van der Waals surface area contributed by atoms with Gasteiger partial charge in [0.05, 0.1) is 19.0 Å². The van der Waals surface area contributed by atoms with Crippen LogP contribution in [0.3, 0.4) is 0 Å². The van der Waals surface area contributed by atoms with Gasteiger partial charge in [-0.25, -0.2) is 9.78 Å². The van der Waals surface area contributed by atoms with Crippen LogP contribution in [0, 0.1) is 0 Å². The van der Waals surface area contributed by atoms with Crippen LogP contribution >= 0.6 is 0 Å². The number of nitrogens with zero attached hydrogens (tertiary/aromatic N) is 3. The summed E-state index contributed by atoms with van der Waals surface area (Å²) in [5.41, 5.74) is 2.06. The maximum Gasteiger partial charge on any atom is 0.317 e. The molecule has 2 aromatic rings. The van der Waals surface area contributed by atoms with Crippen LogP contribution in [-0.2, 0) is 0 Å². The van der Waals surface area contributed by atoms with Gasteiger partial charge in [-0.15, -0.1) is 0 Å². The standard InChI is InChI=1S/C18H26N4O2/c1-3-4-10-21(12-13-23)18(24)20-15(2)16-5-7-17(8-6-16)22-11-9-19-14-22/h5-9,11,14-15,23H,3-4,10,12-13H2,1-2H3,(H,20,24). The lowest BCUT2D eigenvalue weighted by Crippen LogP contribution is -2.42. The summed E-state index contributed by atoms with van der Waals surface area (Å²) in [5, 5.41) is 12.1. The number of aliphatic hydroxyl groups is 1. The second-order valence-electron chi connectivity index (χ2n) is 5.80. The van der Waals surface area contributed by atoms with Gasteiger partial charge in [0.15, 0.2) is 0 Å². The van der Waals surface area contributed by atoms with Crippen LogP contribution in [0.4, 0.5) is 4.79 Å². The minimum atomic E-state index is -0.135. The van der Waals surface area contributed by atoms with Crippen molar-refractivity contribution in [2.75, 3.05) is 19.7 Å². The van der Waals surface area contributed by atoms with E-state index in [9.17, 15) is 4.79 Å². The molecule has 0 radical (unpaired) electrons. The first-order valence-corrected chi connectivity index (χ1v) is 8.40. The van der Waals surface area contributed by atoms with E-state index in [1.807, 2.05) is 42.0 Å². The number of unbranched alkanes of at least 4 members (excludes halogenated alkanes) is 1. The fourth-order valence-electron chi connectivity index (χ4n) is 2.49. The normalized spacial score (nSPS) is 12.0. The molecule has 2 N–H and O–H groups in total. The summed E-state index contributed by atoms with van der Waals surface area (Å²) in [4.78, 5) is 18.1. The van der Waals surface area contributed by atoms with Crippen molar-refractivity contribution in [2.45, 2.75) is 32.7 Å². The zero-order valence-corrected chi connectivity index (χ0v) is 14.4. The van der Waals surface area contributed by atoms with Gasteiger partial charge in [-0.05, 0) is 31.0 Å². The molecule has 130 valence electrons. The SMILES string of the molecule is CCCCN(CCO)C(=O)NC(C)c1ccc(-n2ccnc2)cc1. The predicted molar refractivity (Wildman–Crippen MR) is 94.1 cm³/mol. The Morgan fingerprint density at radius 1 is 1.33 bits per heavy atom. The first-order valence-electron chi connectivity index (χ1n) is 8.40. The van der Waals surface area contributed by atoms with E-state index in [2.05, 4.69) is 17.2 Å².